The second-order valence-corrected chi connectivity index (χ2v) is 8.95. The summed E-state index contributed by atoms with van der Waals surface area (Å²) in [6.45, 7) is 2.90. The van der Waals surface area contributed by atoms with E-state index in [0.29, 0.717) is 10.4 Å². The van der Waals surface area contributed by atoms with E-state index in [0.717, 1.165) is 6.08 Å². The molecule has 0 saturated carbocycles. The van der Waals surface area contributed by atoms with Crippen LogP contribution in [0.15, 0.2) is 43.0 Å². The van der Waals surface area contributed by atoms with Gasteiger partial charge in [-0.25, -0.2) is 4.39 Å². The van der Waals surface area contributed by atoms with Crippen LogP contribution in [0.2, 0.25) is 10.0 Å². The van der Waals surface area contributed by atoms with Crippen LogP contribution in [0.1, 0.15) is 17.7 Å². The van der Waals surface area contributed by atoms with Crippen LogP contribution >= 0.6 is 23.2 Å². The summed E-state index contributed by atoms with van der Waals surface area (Å²) in [7, 11) is 0. The first-order chi connectivity index (χ1) is 16.5. The van der Waals surface area contributed by atoms with E-state index < -0.39 is 29.8 Å². The zero-order valence-electron chi connectivity index (χ0n) is 18.2. The maximum Gasteiger partial charge on any atom is 0.433 e. The van der Waals surface area contributed by atoms with E-state index in [2.05, 4.69) is 17.0 Å². The highest BCUT2D eigenvalue weighted by atomic mass is 35.5. The Morgan fingerprint density at radius 3 is 2.69 bits per heavy atom. The van der Waals surface area contributed by atoms with Crippen molar-refractivity contribution in [3.05, 3.63) is 70.1 Å². The molecule has 35 heavy (non-hydrogen) atoms. The minimum atomic E-state index is -4.69. The zero-order chi connectivity index (χ0) is 25.5. The van der Waals surface area contributed by atoms with Gasteiger partial charge in [0, 0.05) is 29.7 Å². The van der Waals surface area contributed by atoms with E-state index in [1.165, 1.54) is 35.2 Å². The number of nitrogens with zero attached hydrogens (tertiary/aromatic N) is 3. The molecule has 1 aliphatic rings. The number of rotatable bonds is 6. The van der Waals surface area contributed by atoms with Crippen molar-refractivity contribution in [2.24, 2.45) is 0 Å². The van der Waals surface area contributed by atoms with Crippen LogP contribution in [0.4, 0.5) is 23.2 Å². The highest BCUT2D eigenvalue weighted by Gasteiger charge is 2.45. The molecule has 1 fully saturated rings. The normalized spacial score (nSPS) is 18.3. The van der Waals surface area contributed by atoms with Crippen molar-refractivity contribution in [1.82, 2.24) is 14.7 Å². The molecule has 0 radical (unpaired) electrons. The summed E-state index contributed by atoms with van der Waals surface area (Å²) in [5.74, 6) is -1.01. The summed E-state index contributed by atoms with van der Waals surface area (Å²) in [6.07, 6.45) is -3.30. The molecule has 1 aliphatic heterocycles. The van der Waals surface area contributed by atoms with Crippen LogP contribution in [-0.4, -0.2) is 45.4 Å². The zero-order valence-corrected chi connectivity index (χ0v) is 19.7. The monoisotopic (exact) mass is 530 g/mol. The number of likely N-dealkylation sites (tertiary alicyclic amines) is 1. The molecule has 186 valence electrons. The van der Waals surface area contributed by atoms with Gasteiger partial charge in [0.25, 0.3) is 0 Å². The summed E-state index contributed by atoms with van der Waals surface area (Å²) in [6, 6.07) is 6.55. The lowest BCUT2D eigenvalue weighted by molar-refractivity contribution is -0.143. The van der Waals surface area contributed by atoms with Gasteiger partial charge in [-0.2, -0.15) is 18.3 Å². The van der Waals surface area contributed by atoms with Gasteiger partial charge in [-0.3, -0.25) is 9.48 Å². The Bertz CT molecular complexity index is 1310. The number of halogens is 6. The van der Waals surface area contributed by atoms with Crippen LogP contribution in [0.5, 0.6) is 0 Å². The number of aliphatic hydroxyl groups is 1. The number of carbonyl (C=O) groups excluding carboxylic acids is 1. The number of aromatic nitrogens is 2. The molecule has 0 aliphatic carbocycles. The Hall–Kier alpha value is -2.82. The highest BCUT2D eigenvalue weighted by Crippen LogP contribution is 2.44. The van der Waals surface area contributed by atoms with Crippen LogP contribution in [0.25, 0.3) is 10.9 Å². The summed E-state index contributed by atoms with van der Waals surface area (Å²) in [5.41, 5.74) is -1.79. The van der Waals surface area contributed by atoms with Crippen molar-refractivity contribution in [2.45, 2.75) is 24.7 Å². The van der Waals surface area contributed by atoms with Gasteiger partial charge in [-0.05, 0) is 42.8 Å². The van der Waals surface area contributed by atoms with Gasteiger partial charge in [0.1, 0.15) is 11.5 Å². The van der Waals surface area contributed by atoms with Crippen molar-refractivity contribution >= 4 is 45.7 Å². The van der Waals surface area contributed by atoms with Gasteiger partial charge in [-0.15, -0.1) is 0 Å². The van der Waals surface area contributed by atoms with Crippen molar-refractivity contribution in [1.29, 1.82) is 0 Å². The van der Waals surface area contributed by atoms with E-state index in [1.54, 1.807) is 0 Å². The van der Waals surface area contributed by atoms with Gasteiger partial charge in [0.05, 0.1) is 34.3 Å². The number of benzene rings is 2. The van der Waals surface area contributed by atoms with Crippen LogP contribution in [0.3, 0.4) is 0 Å². The molecule has 1 saturated heterocycles. The molecule has 12 heteroatoms. The standard InChI is InChI=1S/C23H20Cl2F4N4O2/c1-2-18(35)32-8-7-22(12-32,19-16(26)6-5-15(24)20(19)25)30-13-3-4-14-17(11-13)31-33(9-10-34)21(14)23(27,28)29/h2-6,11,30,34H,1,7-10,12H2/t22-/m0/s1. The van der Waals surface area contributed by atoms with Crippen LogP contribution in [0, 0.1) is 5.82 Å². The number of alkyl halides is 3. The Balaban J connectivity index is 1.82. The molecule has 1 amide bonds. The third kappa shape index (κ3) is 4.57. The first-order valence-corrected chi connectivity index (χ1v) is 11.3. The van der Waals surface area contributed by atoms with Gasteiger partial charge in [0.2, 0.25) is 5.91 Å². The Morgan fingerprint density at radius 1 is 1.29 bits per heavy atom. The highest BCUT2D eigenvalue weighted by molar-refractivity contribution is 6.42. The van der Waals surface area contributed by atoms with E-state index in [9.17, 15) is 18.0 Å². The SMILES string of the molecule is C=CC(=O)N1CC[C@@](Nc2ccc3c(C(F)(F)F)n(CCO)nc3c2)(c2c(F)ccc(Cl)c2Cl)C1. The number of fused-ring (bicyclic) bond motifs is 1. The molecular weight excluding hydrogens is 511 g/mol. The molecule has 0 bridgehead atoms. The van der Waals surface area contributed by atoms with Crippen molar-refractivity contribution in [2.75, 3.05) is 25.0 Å². The summed E-state index contributed by atoms with van der Waals surface area (Å²) >= 11 is 12.6. The first kappa shape index (κ1) is 25.3. The number of amides is 1. The number of aliphatic hydroxyl groups excluding tert-OH is 1. The lowest BCUT2D eigenvalue weighted by Crippen LogP contribution is -2.41. The lowest BCUT2D eigenvalue weighted by Gasteiger charge is -2.33. The fraction of sp³-hybridized carbons (Fsp3) is 0.304. The summed E-state index contributed by atoms with van der Waals surface area (Å²) in [4.78, 5) is 13.7. The van der Waals surface area contributed by atoms with Gasteiger partial charge in [-0.1, -0.05) is 29.8 Å². The van der Waals surface area contributed by atoms with Gasteiger partial charge in [0.15, 0.2) is 0 Å². The van der Waals surface area contributed by atoms with E-state index in [4.69, 9.17) is 28.3 Å². The Morgan fingerprint density at radius 2 is 2.03 bits per heavy atom. The van der Waals surface area contributed by atoms with Crippen molar-refractivity contribution in [3.63, 3.8) is 0 Å². The van der Waals surface area contributed by atoms with E-state index in [-0.39, 0.29) is 58.5 Å². The Labute approximate surface area is 207 Å². The van der Waals surface area contributed by atoms with E-state index in [1.807, 2.05) is 0 Å². The number of carbonyl (C=O) groups is 1. The maximum absolute atomic E-state index is 15.1. The molecular formula is C23H20Cl2F4N4O2. The maximum atomic E-state index is 15.1. The third-order valence-electron chi connectivity index (χ3n) is 5.98. The second kappa shape index (κ2) is 9.33. The topological polar surface area (TPSA) is 70.4 Å². The number of hydrogen-bond donors (Lipinski definition) is 2. The molecule has 1 aromatic heterocycles. The molecule has 2 aromatic carbocycles. The molecule has 0 spiro atoms. The van der Waals surface area contributed by atoms with Gasteiger partial charge >= 0.3 is 6.18 Å². The van der Waals surface area contributed by atoms with Gasteiger partial charge < -0.3 is 15.3 Å². The quantitative estimate of drug-likeness (QED) is 0.260. The van der Waals surface area contributed by atoms with Crippen molar-refractivity contribution < 1.29 is 27.5 Å². The molecule has 2 heterocycles. The fourth-order valence-electron chi connectivity index (χ4n) is 4.50. The second-order valence-electron chi connectivity index (χ2n) is 8.16. The molecule has 0 unspecified atom stereocenters. The number of nitrogens with one attached hydrogen (secondary N) is 1. The number of anilines is 1. The van der Waals surface area contributed by atoms with E-state index >= 15 is 4.39 Å². The smallest absolute Gasteiger partial charge is 0.394 e. The Kier molecular flexibility index (Phi) is 6.74. The van der Waals surface area contributed by atoms with Crippen molar-refractivity contribution in [3.8, 4) is 0 Å². The molecule has 2 N–H and O–H groups in total. The molecule has 3 aromatic rings. The first-order valence-electron chi connectivity index (χ1n) is 10.5. The van der Waals surface area contributed by atoms with Crippen LogP contribution < -0.4 is 5.32 Å². The molecule has 4 rings (SSSR count). The lowest BCUT2D eigenvalue weighted by atomic mass is 9.87. The predicted molar refractivity (Wildman–Crippen MR) is 125 cm³/mol. The predicted octanol–water partition coefficient (Wildman–Crippen LogP) is 5.22. The fourth-order valence-corrected chi connectivity index (χ4v) is 5.00. The average Bonchev–Trinajstić information content (AvgIpc) is 3.38. The van der Waals surface area contributed by atoms with Crippen LogP contribution in [-0.2, 0) is 23.1 Å². The molecule has 6 nitrogen and oxygen atoms in total. The minimum absolute atomic E-state index is 0.0135. The number of hydrogen-bond acceptors (Lipinski definition) is 4. The average molecular weight is 531 g/mol. The summed E-state index contributed by atoms with van der Waals surface area (Å²) in [5, 5.41) is 16.3. The largest absolute Gasteiger partial charge is 0.433 e. The third-order valence-corrected chi connectivity index (χ3v) is 6.79. The summed E-state index contributed by atoms with van der Waals surface area (Å²) < 4.78 is 56.8. The molecule has 1 atom stereocenters. The minimum Gasteiger partial charge on any atom is -0.394 e.